The maximum Gasteiger partial charge on any atom is 0.370 e. The lowest BCUT2D eigenvalue weighted by atomic mass is 9.86. The Hall–Kier alpha value is -1.30. The third-order valence-corrected chi connectivity index (χ3v) is 5.07. The van der Waals surface area contributed by atoms with E-state index in [1.165, 1.54) is 0 Å². The first-order valence-corrected chi connectivity index (χ1v) is 9.83. The van der Waals surface area contributed by atoms with Gasteiger partial charge < -0.3 is 12.4 Å². The largest absolute Gasteiger partial charge is 1.00 e. The highest BCUT2D eigenvalue weighted by molar-refractivity contribution is 6.35. The normalized spacial score (nSPS) is 12.3. The third-order valence-electron chi connectivity index (χ3n) is 4.42. The fourth-order valence-electron chi connectivity index (χ4n) is 2.82. The summed E-state index contributed by atoms with van der Waals surface area (Å²) < 4.78 is 0.904. The molecule has 0 bridgehead atoms. The average molecular weight is 494 g/mol. The molecule has 30 heavy (non-hydrogen) atoms. The number of halogens is 4. The summed E-state index contributed by atoms with van der Waals surface area (Å²) >= 11 is 12.5. The SMILES string of the molecule is CC(C)(C)c1ccc(C(=O)[NH+](N(Cl)C(=O)c2ccccc2Cl)C(C)(C)C)cc1.Cl.[Cl-]. The van der Waals surface area contributed by atoms with E-state index in [2.05, 4.69) is 20.8 Å². The molecule has 2 rings (SSSR count). The molecule has 1 N–H and O–H groups in total. The van der Waals surface area contributed by atoms with Crippen molar-refractivity contribution >= 4 is 47.6 Å². The van der Waals surface area contributed by atoms with E-state index < -0.39 is 11.4 Å². The minimum absolute atomic E-state index is 0. The molecule has 2 aromatic rings. The monoisotopic (exact) mass is 492 g/mol. The number of benzene rings is 2. The zero-order valence-electron chi connectivity index (χ0n) is 17.9. The van der Waals surface area contributed by atoms with Gasteiger partial charge in [0.15, 0.2) is 0 Å². The molecule has 2 amide bonds. The molecule has 8 heteroatoms. The summed E-state index contributed by atoms with van der Waals surface area (Å²) in [6.45, 7) is 11.9. The number of hydrogen-bond acceptors (Lipinski definition) is 2. The molecule has 0 aliphatic carbocycles. The fourth-order valence-corrected chi connectivity index (χ4v) is 3.46. The summed E-state index contributed by atoms with van der Waals surface area (Å²) in [7, 11) is 0. The van der Waals surface area contributed by atoms with Crippen LogP contribution in [0.15, 0.2) is 48.5 Å². The molecule has 1 unspecified atom stereocenters. The van der Waals surface area contributed by atoms with Gasteiger partial charge in [0.05, 0.1) is 27.9 Å². The molecule has 4 nitrogen and oxygen atoms in total. The molecule has 2 aromatic carbocycles. The van der Waals surface area contributed by atoms with Crippen molar-refractivity contribution in [2.45, 2.75) is 52.5 Å². The van der Waals surface area contributed by atoms with E-state index >= 15 is 0 Å². The van der Waals surface area contributed by atoms with Crippen molar-refractivity contribution in [2.24, 2.45) is 0 Å². The topological polar surface area (TPSA) is 41.8 Å². The second-order valence-electron chi connectivity index (χ2n) is 8.82. The van der Waals surface area contributed by atoms with Crippen molar-refractivity contribution in [3.63, 3.8) is 0 Å². The second-order valence-corrected chi connectivity index (χ2v) is 9.57. The van der Waals surface area contributed by atoms with Gasteiger partial charge in [-0.05, 0) is 56.0 Å². The van der Waals surface area contributed by atoms with Gasteiger partial charge in [-0.2, -0.15) is 0 Å². The number of nitrogens with zero attached hydrogens (tertiary/aromatic N) is 1. The highest BCUT2D eigenvalue weighted by Gasteiger charge is 2.42. The average Bonchev–Trinajstić information content (AvgIpc) is 2.59. The summed E-state index contributed by atoms with van der Waals surface area (Å²) in [5.41, 5.74) is 1.18. The number of quaternary nitrogens is 1. The van der Waals surface area contributed by atoms with Crippen molar-refractivity contribution in [3.05, 3.63) is 70.2 Å². The van der Waals surface area contributed by atoms with E-state index in [0.29, 0.717) is 5.56 Å². The minimum atomic E-state index is -0.654. The van der Waals surface area contributed by atoms with Gasteiger partial charge in [-0.15, -0.1) is 17.4 Å². The summed E-state index contributed by atoms with van der Waals surface area (Å²) in [6, 6.07) is 14.1. The second kappa shape index (κ2) is 10.8. The molecule has 0 aliphatic rings. The first-order valence-electron chi connectivity index (χ1n) is 9.11. The Morgan fingerprint density at radius 1 is 0.900 bits per heavy atom. The Balaban J connectivity index is 0.00000420. The van der Waals surface area contributed by atoms with Gasteiger partial charge in [-0.3, -0.25) is 4.79 Å². The lowest BCUT2D eigenvalue weighted by Gasteiger charge is -2.33. The molecule has 0 aromatic heterocycles. The molecule has 1 atom stereocenters. The molecular formula is C22H28Cl4N2O2. The first-order chi connectivity index (χ1) is 12.8. The van der Waals surface area contributed by atoms with Crippen molar-refractivity contribution in [1.29, 1.82) is 0 Å². The maximum absolute atomic E-state index is 13.3. The maximum atomic E-state index is 13.3. The van der Waals surface area contributed by atoms with Gasteiger partial charge in [0.1, 0.15) is 5.54 Å². The zero-order chi connectivity index (χ0) is 21.3. The molecule has 0 aliphatic heterocycles. The van der Waals surface area contributed by atoms with E-state index in [0.717, 1.165) is 10.1 Å². The van der Waals surface area contributed by atoms with Crippen LogP contribution in [-0.2, 0) is 5.41 Å². The van der Waals surface area contributed by atoms with Gasteiger partial charge in [-0.1, -0.05) is 61.2 Å². The number of carbonyl (C=O) groups excluding carboxylic acids is 2. The summed E-state index contributed by atoms with van der Waals surface area (Å²) in [5.74, 6) is -0.819. The van der Waals surface area contributed by atoms with Gasteiger partial charge in [-0.25, -0.2) is 4.79 Å². The van der Waals surface area contributed by atoms with Crippen LogP contribution in [0.1, 0.15) is 67.8 Å². The van der Waals surface area contributed by atoms with Crippen LogP contribution in [0.4, 0.5) is 0 Å². The van der Waals surface area contributed by atoms with Crippen LogP contribution in [0, 0.1) is 0 Å². The molecule has 0 fully saturated rings. The number of nitrogens with one attached hydrogen (secondary N) is 1. The van der Waals surface area contributed by atoms with Crippen LogP contribution in [0.3, 0.4) is 0 Å². The van der Waals surface area contributed by atoms with E-state index in [-0.39, 0.29) is 51.7 Å². The predicted molar refractivity (Wildman–Crippen MR) is 121 cm³/mol. The molecular weight excluding hydrogens is 466 g/mol. The van der Waals surface area contributed by atoms with Crippen LogP contribution in [0.5, 0.6) is 0 Å². The van der Waals surface area contributed by atoms with Crippen LogP contribution >= 0.6 is 35.8 Å². The molecule has 0 spiro atoms. The zero-order valence-corrected chi connectivity index (χ0v) is 21.0. The van der Waals surface area contributed by atoms with Gasteiger partial charge >= 0.3 is 11.8 Å². The molecule has 166 valence electrons. The van der Waals surface area contributed by atoms with Gasteiger partial charge in [0.2, 0.25) is 0 Å². The van der Waals surface area contributed by atoms with Crippen LogP contribution in [0.25, 0.3) is 0 Å². The first kappa shape index (κ1) is 28.7. The van der Waals surface area contributed by atoms with Gasteiger partial charge in [0.25, 0.3) is 0 Å². The molecule has 0 saturated carbocycles. The van der Waals surface area contributed by atoms with Crippen LogP contribution < -0.4 is 17.4 Å². The Kier molecular flexibility index (Phi) is 10.4. The number of amides is 2. The van der Waals surface area contributed by atoms with Crippen molar-refractivity contribution in [1.82, 2.24) is 4.53 Å². The van der Waals surface area contributed by atoms with Crippen molar-refractivity contribution < 1.29 is 27.0 Å². The quantitative estimate of drug-likeness (QED) is 0.514. The Bertz CT molecular complexity index is 872. The summed E-state index contributed by atoms with van der Waals surface area (Å²) in [4.78, 5) is 26.2. The smallest absolute Gasteiger partial charge is 0.370 e. The Labute approximate surface area is 201 Å². The molecule has 0 radical (unpaired) electrons. The number of hydrogen-bond donors (Lipinski definition) is 1. The highest BCUT2D eigenvalue weighted by atomic mass is 35.5. The van der Waals surface area contributed by atoms with E-state index in [1.54, 1.807) is 36.4 Å². The lowest BCUT2D eigenvalue weighted by Crippen LogP contribution is -3.25. The minimum Gasteiger partial charge on any atom is -1.00 e. The Morgan fingerprint density at radius 3 is 1.83 bits per heavy atom. The third kappa shape index (κ3) is 6.60. The van der Waals surface area contributed by atoms with E-state index in [1.807, 2.05) is 32.9 Å². The Morgan fingerprint density at radius 2 is 1.40 bits per heavy atom. The molecule has 0 heterocycles. The summed E-state index contributed by atoms with van der Waals surface area (Å²) in [5, 5.41) is 0.482. The standard InChI is InChI=1S/C22H26Cl2N2O2.2ClH/c1-21(2,3)16-13-11-15(12-14-16)19(27)25(22(4,5)6)26(24)20(28)17-9-7-8-10-18(17)23;;/h7-14H,1-6H3;2*1H. The van der Waals surface area contributed by atoms with Crippen molar-refractivity contribution in [2.75, 3.05) is 0 Å². The fraction of sp³-hybridized carbons (Fsp3) is 0.364. The molecule has 0 saturated heterocycles. The number of rotatable bonds is 2. The number of carbonyl (C=O) groups is 2. The predicted octanol–water partition coefficient (Wildman–Crippen LogP) is 2.10. The van der Waals surface area contributed by atoms with Crippen molar-refractivity contribution in [3.8, 4) is 0 Å². The summed E-state index contributed by atoms with van der Waals surface area (Å²) in [6.07, 6.45) is 0. The van der Waals surface area contributed by atoms with E-state index in [4.69, 9.17) is 23.4 Å². The van der Waals surface area contributed by atoms with Crippen LogP contribution in [-0.4, -0.2) is 21.9 Å². The highest BCUT2D eigenvalue weighted by Crippen LogP contribution is 2.22. The van der Waals surface area contributed by atoms with E-state index in [9.17, 15) is 9.59 Å². The lowest BCUT2D eigenvalue weighted by molar-refractivity contribution is -0.951. The van der Waals surface area contributed by atoms with Gasteiger partial charge in [0, 0.05) is 0 Å². The van der Waals surface area contributed by atoms with Crippen LogP contribution in [0.2, 0.25) is 5.02 Å².